The predicted molar refractivity (Wildman–Crippen MR) is 84.3 cm³/mol. The average Bonchev–Trinajstić information content (AvgIpc) is 3.24. The topological polar surface area (TPSA) is 34.0 Å². The number of fused-ring (bicyclic) bond motifs is 1. The molecule has 1 saturated heterocycles. The monoisotopic (exact) mass is 284 g/mol. The molecule has 4 rings (SSSR count). The molecule has 4 nitrogen and oxygen atoms in total. The van der Waals surface area contributed by atoms with Crippen molar-refractivity contribution in [1.29, 1.82) is 0 Å². The average molecular weight is 284 g/mol. The van der Waals surface area contributed by atoms with Crippen molar-refractivity contribution in [2.45, 2.75) is 57.5 Å². The number of aromatic nitrogens is 3. The second-order valence-corrected chi connectivity index (χ2v) is 6.41. The molecule has 3 heterocycles. The van der Waals surface area contributed by atoms with E-state index in [-0.39, 0.29) is 0 Å². The zero-order valence-electron chi connectivity index (χ0n) is 12.8. The summed E-state index contributed by atoms with van der Waals surface area (Å²) in [5.74, 6) is 1.27. The van der Waals surface area contributed by atoms with Gasteiger partial charge in [-0.15, -0.1) is 0 Å². The van der Waals surface area contributed by atoms with Gasteiger partial charge in [0.05, 0.1) is 6.04 Å². The number of imidazole rings is 1. The Morgan fingerprint density at radius 1 is 1.19 bits per heavy atom. The van der Waals surface area contributed by atoms with Gasteiger partial charge in [-0.3, -0.25) is 4.90 Å². The molecule has 112 valence electrons. The van der Waals surface area contributed by atoms with Gasteiger partial charge in [-0.05, 0) is 50.9 Å². The van der Waals surface area contributed by atoms with Crippen LogP contribution in [0, 0.1) is 0 Å². The largest absolute Gasteiger partial charge is 0.308 e. The summed E-state index contributed by atoms with van der Waals surface area (Å²) in [5.41, 5.74) is 2.17. The molecule has 0 amide bonds. The Balaban J connectivity index is 1.85. The van der Waals surface area contributed by atoms with Crippen LogP contribution in [0.15, 0.2) is 18.3 Å². The van der Waals surface area contributed by atoms with E-state index in [1.165, 1.54) is 50.9 Å². The lowest BCUT2D eigenvalue weighted by molar-refractivity contribution is 0.253. The Labute approximate surface area is 126 Å². The van der Waals surface area contributed by atoms with Crippen LogP contribution in [-0.2, 0) is 0 Å². The van der Waals surface area contributed by atoms with E-state index in [9.17, 15) is 0 Å². The van der Waals surface area contributed by atoms with Crippen LogP contribution in [0.5, 0.6) is 0 Å². The molecule has 1 saturated carbocycles. The Bertz CT molecular complexity index is 627. The minimum Gasteiger partial charge on any atom is -0.308 e. The second-order valence-electron chi connectivity index (χ2n) is 6.41. The van der Waals surface area contributed by atoms with Crippen molar-refractivity contribution in [2.24, 2.45) is 0 Å². The van der Waals surface area contributed by atoms with Crippen molar-refractivity contribution < 1.29 is 0 Å². The van der Waals surface area contributed by atoms with Gasteiger partial charge in [-0.1, -0.05) is 19.8 Å². The molecule has 2 aromatic rings. The number of rotatable bonds is 3. The summed E-state index contributed by atoms with van der Waals surface area (Å²) in [5, 5.41) is 0. The number of hydrogen-bond acceptors (Lipinski definition) is 3. The normalized spacial score (nSPS) is 24.3. The van der Waals surface area contributed by atoms with Gasteiger partial charge in [0.25, 0.3) is 0 Å². The van der Waals surface area contributed by atoms with Gasteiger partial charge in [0.1, 0.15) is 11.3 Å². The minimum atomic E-state index is 0.491. The highest BCUT2D eigenvalue weighted by Crippen LogP contribution is 2.38. The lowest BCUT2D eigenvalue weighted by Crippen LogP contribution is -2.26. The van der Waals surface area contributed by atoms with Crippen LogP contribution < -0.4 is 0 Å². The Morgan fingerprint density at radius 3 is 2.86 bits per heavy atom. The zero-order valence-corrected chi connectivity index (χ0v) is 12.8. The lowest BCUT2D eigenvalue weighted by atomic mass is 10.1. The quantitative estimate of drug-likeness (QED) is 0.861. The van der Waals surface area contributed by atoms with Crippen LogP contribution in [0.25, 0.3) is 11.2 Å². The summed E-state index contributed by atoms with van der Waals surface area (Å²) in [6.45, 7) is 4.59. The third-order valence-corrected chi connectivity index (χ3v) is 5.23. The number of hydrogen-bond donors (Lipinski definition) is 0. The van der Waals surface area contributed by atoms with E-state index in [1.54, 1.807) is 0 Å². The van der Waals surface area contributed by atoms with E-state index in [0.29, 0.717) is 12.1 Å². The van der Waals surface area contributed by atoms with Crippen molar-refractivity contribution >= 4 is 11.2 Å². The van der Waals surface area contributed by atoms with E-state index in [0.717, 1.165) is 17.7 Å². The highest BCUT2D eigenvalue weighted by Gasteiger charge is 2.32. The third kappa shape index (κ3) is 2.16. The molecule has 2 aromatic heterocycles. The molecule has 0 radical (unpaired) electrons. The van der Waals surface area contributed by atoms with Crippen molar-refractivity contribution in [2.75, 3.05) is 13.1 Å². The number of nitrogens with zero attached hydrogens (tertiary/aromatic N) is 4. The van der Waals surface area contributed by atoms with E-state index >= 15 is 0 Å². The minimum absolute atomic E-state index is 0.491. The van der Waals surface area contributed by atoms with Gasteiger partial charge >= 0.3 is 0 Å². The first kappa shape index (κ1) is 13.3. The fourth-order valence-electron chi connectivity index (χ4n) is 4.20. The van der Waals surface area contributed by atoms with Gasteiger partial charge in [0.15, 0.2) is 5.65 Å². The van der Waals surface area contributed by atoms with Gasteiger partial charge < -0.3 is 4.57 Å². The zero-order chi connectivity index (χ0) is 14.2. The van der Waals surface area contributed by atoms with Crippen molar-refractivity contribution in [3.8, 4) is 0 Å². The van der Waals surface area contributed by atoms with E-state index < -0.39 is 0 Å². The summed E-state index contributed by atoms with van der Waals surface area (Å²) >= 11 is 0. The molecule has 1 aliphatic heterocycles. The van der Waals surface area contributed by atoms with Gasteiger partial charge in [0.2, 0.25) is 0 Å². The van der Waals surface area contributed by atoms with Crippen molar-refractivity contribution in [1.82, 2.24) is 19.4 Å². The summed E-state index contributed by atoms with van der Waals surface area (Å²) < 4.78 is 2.49. The van der Waals surface area contributed by atoms with Crippen LogP contribution in [-0.4, -0.2) is 32.5 Å². The molecule has 1 unspecified atom stereocenters. The Morgan fingerprint density at radius 2 is 2.05 bits per heavy atom. The fraction of sp³-hybridized carbons (Fsp3) is 0.647. The molecule has 21 heavy (non-hydrogen) atoms. The van der Waals surface area contributed by atoms with Crippen LogP contribution >= 0.6 is 0 Å². The molecular formula is C17H24N4. The molecule has 2 fully saturated rings. The van der Waals surface area contributed by atoms with Gasteiger partial charge in [0, 0.05) is 12.2 Å². The molecule has 0 bridgehead atoms. The predicted octanol–water partition coefficient (Wildman–Crippen LogP) is 3.70. The molecular weight excluding hydrogens is 260 g/mol. The molecule has 0 spiro atoms. The van der Waals surface area contributed by atoms with Gasteiger partial charge in [-0.2, -0.15) is 0 Å². The van der Waals surface area contributed by atoms with Crippen LogP contribution in [0.3, 0.4) is 0 Å². The fourth-order valence-corrected chi connectivity index (χ4v) is 4.20. The van der Waals surface area contributed by atoms with Crippen LogP contribution in [0.2, 0.25) is 0 Å². The van der Waals surface area contributed by atoms with Crippen molar-refractivity contribution in [3.05, 3.63) is 24.2 Å². The maximum atomic E-state index is 5.00. The summed E-state index contributed by atoms with van der Waals surface area (Å²) in [7, 11) is 0. The van der Waals surface area contributed by atoms with Gasteiger partial charge in [-0.25, -0.2) is 9.97 Å². The molecule has 1 aliphatic carbocycles. The second kappa shape index (κ2) is 5.41. The first-order chi connectivity index (χ1) is 10.4. The highest BCUT2D eigenvalue weighted by molar-refractivity contribution is 5.71. The lowest BCUT2D eigenvalue weighted by Gasteiger charge is -2.25. The van der Waals surface area contributed by atoms with E-state index in [1.807, 2.05) is 12.3 Å². The van der Waals surface area contributed by atoms with E-state index in [4.69, 9.17) is 4.98 Å². The molecule has 2 aliphatic rings. The SMILES string of the molecule is CCN1CCCC1c1nc2cccnc2n1C1CCCC1. The molecule has 4 heteroatoms. The number of pyridine rings is 1. The summed E-state index contributed by atoms with van der Waals surface area (Å²) in [6, 6.07) is 5.22. The maximum Gasteiger partial charge on any atom is 0.160 e. The number of likely N-dealkylation sites (tertiary alicyclic amines) is 1. The van der Waals surface area contributed by atoms with Crippen molar-refractivity contribution in [3.63, 3.8) is 0 Å². The molecule has 0 aromatic carbocycles. The standard InChI is InChI=1S/C17H24N4/c1-2-20-12-6-10-15(20)17-19-14-9-5-11-18-16(14)21(17)13-7-3-4-8-13/h5,9,11,13,15H,2-4,6-8,10,12H2,1H3. The summed E-state index contributed by atoms with van der Waals surface area (Å²) in [4.78, 5) is 12.2. The Kier molecular flexibility index (Phi) is 3.42. The smallest absolute Gasteiger partial charge is 0.160 e. The first-order valence-electron chi connectivity index (χ1n) is 8.45. The third-order valence-electron chi connectivity index (χ3n) is 5.23. The Hall–Kier alpha value is -1.42. The molecule has 1 atom stereocenters. The first-order valence-corrected chi connectivity index (χ1v) is 8.45. The maximum absolute atomic E-state index is 5.00. The summed E-state index contributed by atoms with van der Waals surface area (Å²) in [6.07, 6.45) is 9.70. The van der Waals surface area contributed by atoms with E-state index in [2.05, 4.69) is 27.4 Å². The molecule has 0 N–H and O–H groups in total. The van der Waals surface area contributed by atoms with Crippen LogP contribution in [0.4, 0.5) is 0 Å². The highest BCUT2D eigenvalue weighted by atomic mass is 15.2. The van der Waals surface area contributed by atoms with Crippen LogP contribution in [0.1, 0.15) is 63.4 Å².